The molecule has 9 N–H and O–H groups in total. The van der Waals surface area contributed by atoms with Crippen molar-refractivity contribution in [2.45, 2.75) is 153 Å². The van der Waals surface area contributed by atoms with Crippen LogP contribution < -0.4 is 31.9 Å². The number of nitrogens with one attached hydrogen (secondary N) is 6. The van der Waals surface area contributed by atoms with E-state index >= 15 is 4.79 Å². The molecule has 0 spiro atoms. The van der Waals surface area contributed by atoms with Gasteiger partial charge in [-0.25, -0.2) is 0 Å². The summed E-state index contributed by atoms with van der Waals surface area (Å²) >= 11 is 0. The van der Waals surface area contributed by atoms with Gasteiger partial charge in [-0.15, -0.1) is 0 Å². The molecule has 3 rings (SSSR count). The van der Waals surface area contributed by atoms with E-state index in [1.807, 2.05) is 5.32 Å². The van der Waals surface area contributed by atoms with Crippen molar-refractivity contribution in [2.75, 3.05) is 6.54 Å². The first-order valence-electron chi connectivity index (χ1n) is 22.1. The number of rotatable bonds is 25. The molecule has 358 valence electrons. The topological polar surface area (TPSA) is 324 Å². The summed E-state index contributed by atoms with van der Waals surface area (Å²) in [6.07, 6.45) is 2.42. The second-order valence-corrected chi connectivity index (χ2v) is 16.8. The molecule has 0 bridgehead atoms. The summed E-state index contributed by atoms with van der Waals surface area (Å²) in [5.74, 6) is -11.9. The average Bonchev–Trinajstić information content (AvgIpc) is 3.71. The second kappa shape index (κ2) is 25.8. The lowest BCUT2D eigenvalue weighted by atomic mass is 9.82. The zero-order valence-corrected chi connectivity index (χ0v) is 37.3. The lowest BCUT2D eigenvalue weighted by Crippen LogP contribution is -2.62. The van der Waals surface area contributed by atoms with Crippen LogP contribution >= 0.6 is 0 Å². The van der Waals surface area contributed by atoms with Gasteiger partial charge in [0, 0.05) is 19.8 Å². The van der Waals surface area contributed by atoms with Gasteiger partial charge in [0.1, 0.15) is 36.8 Å². The molecule has 7 unspecified atom stereocenters. The highest BCUT2D eigenvalue weighted by atomic mass is 16.4. The van der Waals surface area contributed by atoms with E-state index in [1.165, 1.54) is 4.90 Å². The minimum Gasteiger partial charge on any atom is -0.481 e. The Labute approximate surface area is 377 Å². The fraction of sp³-hybridized carbons (Fsp3) is 0.614. The van der Waals surface area contributed by atoms with E-state index in [-0.39, 0.29) is 19.3 Å². The standard InChI is InChI=1S/C44H63N7O14/c1-5-12-28(38(59)43(64)45-23-35(57)58)47-41(62)32-20-19-31(26-13-8-6-9-14-26)51(32)44(65)37(27-15-10-7-11-16-27)50-42(63)36(24(2)3)49-40(61)30(18-22-34(55)56)48-39(60)29(46-25(4)52)17-21-33(53)54/h6,8-9,13-14,24,27-32,36-37H,5,7,10-12,15-23H2,1-4H3,(H,45,64)(H,46,52)(H,47,62)(H,48,60)(H,49,61)(H,50,63)(H,53,54)(H,55,56)(H,57,58). The molecular weight excluding hydrogens is 851 g/mol. The molecule has 65 heavy (non-hydrogen) atoms. The number of nitrogens with zero attached hydrogens (tertiary/aromatic N) is 1. The molecule has 7 amide bonds. The van der Waals surface area contributed by atoms with Crippen LogP contribution in [0.15, 0.2) is 30.3 Å². The van der Waals surface area contributed by atoms with Crippen LogP contribution in [0.2, 0.25) is 0 Å². The van der Waals surface area contributed by atoms with E-state index in [0.717, 1.165) is 26.2 Å². The lowest BCUT2D eigenvalue weighted by molar-refractivity contribution is -0.146. The number of hydrogen-bond acceptors (Lipinski definition) is 11. The minimum atomic E-state index is -1.55. The number of carboxylic acids is 3. The molecule has 21 nitrogen and oxygen atoms in total. The van der Waals surface area contributed by atoms with Crippen LogP contribution in [0.3, 0.4) is 0 Å². The molecule has 0 radical (unpaired) electrons. The van der Waals surface area contributed by atoms with Gasteiger partial charge in [-0.3, -0.25) is 52.7 Å². The third-order valence-corrected chi connectivity index (χ3v) is 11.5. The van der Waals surface area contributed by atoms with E-state index in [1.54, 1.807) is 51.1 Å². The van der Waals surface area contributed by atoms with Gasteiger partial charge >= 0.3 is 17.9 Å². The summed E-state index contributed by atoms with van der Waals surface area (Å²) in [6, 6.07) is 0.278. The highest BCUT2D eigenvalue weighted by molar-refractivity contribution is 6.38. The zero-order valence-electron chi connectivity index (χ0n) is 37.3. The van der Waals surface area contributed by atoms with Crippen molar-refractivity contribution in [3.63, 3.8) is 0 Å². The Balaban J connectivity index is 1.98. The number of Topliss-reactive ketones (excluding diaryl/α,β-unsaturated/α-hetero) is 1. The third kappa shape index (κ3) is 16.3. The number of aliphatic carboxylic acids is 3. The minimum absolute atomic E-state index is 0.0400. The first-order valence-corrected chi connectivity index (χ1v) is 22.1. The van der Waals surface area contributed by atoms with Gasteiger partial charge in [0.15, 0.2) is 0 Å². The smallest absolute Gasteiger partial charge is 0.322 e. The number of likely N-dealkylation sites (tertiary alicyclic amines) is 1. The van der Waals surface area contributed by atoms with Gasteiger partial charge in [0.2, 0.25) is 41.2 Å². The van der Waals surface area contributed by atoms with Crippen LogP contribution in [0.25, 0.3) is 0 Å². The Morgan fingerprint density at radius 2 is 1.25 bits per heavy atom. The molecule has 2 fully saturated rings. The molecule has 7 atom stereocenters. The third-order valence-electron chi connectivity index (χ3n) is 11.5. The number of amides is 7. The van der Waals surface area contributed by atoms with Gasteiger partial charge in [0.25, 0.3) is 5.91 Å². The van der Waals surface area contributed by atoms with Crippen molar-refractivity contribution in [1.29, 1.82) is 0 Å². The fourth-order valence-corrected chi connectivity index (χ4v) is 8.24. The van der Waals surface area contributed by atoms with Gasteiger partial charge in [-0.2, -0.15) is 0 Å². The summed E-state index contributed by atoms with van der Waals surface area (Å²) < 4.78 is 0. The van der Waals surface area contributed by atoms with E-state index < -0.39 is 145 Å². The highest BCUT2D eigenvalue weighted by Crippen LogP contribution is 2.39. The molecule has 1 saturated carbocycles. The molecular formula is C44H63N7O14. The Kier molecular flexibility index (Phi) is 21.0. The van der Waals surface area contributed by atoms with Crippen molar-refractivity contribution < 1.29 is 68.1 Å². The Bertz CT molecular complexity index is 1900. The molecule has 1 saturated heterocycles. The van der Waals surface area contributed by atoms with Crippen molar-refractivity contribution in [3.8, 4) is 0 Å². The second-order valence-electron chi connectivity index (χ2n) is 16.8. The summed E-state index contributed by atoms with van der Waals surface area (Å²) in [6.45, 7) is 5.26. The van der Waals surface area contributed by atoms with Crippen LogP contribution in [-0.4, -0.2) is 128 Å². The predicted octanol–water partition coefficient (Wildman–Crippen LogP) is 0.699. The Morgan fingerprint density at radius 3 is 1.78 bits per heavy atom. The quantitative estimate of drug-likeness (QED) is 0.0611. The van der Waals surface area contributed by atoms with Crippen LogP contribution in [0.1, 0.15) is 123 Å². The molecule has 1 aliphatic carbocycles. The number of carbonyl (C=O) groups is 11. The molecule has 21 heteroatoms. The largest absolute Gasteiger partial charge is 0.481 e. The number of carboxylic acid groups (broad SMARTS) is 3. The van der Waals surface area contributed by atoms with Crippen LogP contribution in [-0.2, 0) is 52.7 Å². The molecule has 1 aromatic rings. The van der Waals surface area contributed by atoms with Crippen LogP contribution in [0.4, 0.5) is 0 Å². The van der Waals surface area contributed by atoms with Crippen LogP contribution in [0.5, 0.6) is 0 Å². The normalized spacial score (nSPS) is 18.4. The van der Waals surface area contributed by atoms with Crippen molar-refractivity contribution in [1.82, 2.24) is 36.8 Å². The highest BCUT2D eigenvalue weighted by Gasteiger charge is 2.47. The van der Waals surface area contributed by atoms with E-state index in [4.69, 9.17) is 10.2 Å². The zero-order chi connectivity index (χ0) is 48.4. The lowest BCUT2D eigenvalue weighted by Gasteiger charge is -2.38. The summed E-state index contributed by atoms with van der Waals surface area (Å²) in [5.41, 5.74) is 0.699. The van der Waals surface area contributed by atoms with Crippen LogP contribution in [0, 0.1) is 11.8 Å². The molecule has 2 aliphatic rings. The maximum atomic E-state index is 15.2. The van der Waals surface area contributed by atoms with Gasteiger partial charge in [-0.1, -0.05) is 76.8 Å². The molecule has 0 aromatic heterocycles. The maximum absolute atomic E-state index is 15.2. The fourth-order valence-electron chi connectivity index (χ4n) is 8.24. The maximum Gasteiger partial charge on any atom is 0.322 e. The number of benzene rings is 1. The average molecular weight is 914 g/mol. The molecule has 1 aliphatic heterocycles. The summed E-state index contributed by atoms with van der Waals surface area (Å²) in [7, 11) is 0. The van der Waals surface area contributed by atoms with Crippen molar-refractivity contribution in [3.05, 3.63) is 35.9 Å². The van der Waals surface area contributed by atoms with E-state index in [2.05, 4.69) is 26.6 Å². The van der Waals surface area contributed by atoms with Gasteiger partial charge < -0.3 is 52.1 Å². The molecule has 1 aromatic carbocycles. The number of ketones is 1. The van der Waals surface area contributed by atoms with Crippen molar-refractivity contribution in [2.24, 2.45) is 11.8 Å². The Hall–Kier alpha value is -6.41. The Morgan fingerprint density at radius 1 is 0.662 bits per heavy atom. The molecule has 1 heterocycles. The van der Waals surface area contributed by atoms with Gasteiger partial charge in [0.05, 0.1) is 12.1 Å². The predicted molar refractivity (Wildman–Crippen MR) is 230 cm³/mol. The van der Waals surface area contributed by atoms with Crippen molar-refractivity contribution >= 4 is 65.0 Å². The summed E-state index contributed by atoms with van der Waals surface area (Å²) in [4.78, 5) is 144. The first kappa shape index (κ1) is 52.9. The number of carbonyl (C=O) groups excluding carboxylic acids is 8. The summed E-state index contributed by atoms with van der Waals surface area (Å²) in [5, 5.41) is 42.4. The van der Waals surface area contributed by atoms with E-state index in [0.29, 0.717) is 31.2 Å². The first-order chi connectivity index (χ1) is 30.7. The van der Waals surface area contributed by atoms with Gasteiger partial charge in [-0.05, 0) is 62.3 Å². The van der Waals surface area contributed by atoms with E-state index in [9.17, 15) is 53.1 Å². The number of hydrogen-bond donors (Lipinski definition) is 9. The SMILES string of the molecule is CCCC(NC(=O)C1CCC(c2ccccc2)N1C(=O)C(NC(=O)C(NC(=O)C(CCC(=O)O)NC(=O)C(CCC(=O)O)NC(C)=O)C(C)C)C1CCCCC1)C(=O)C(=O)NCC(=O)O. The monoisotopic (exact) mass is 913 g/mol.